The number of rotatable bonds is 8. The van der Waals surface area contributed by atoms with Gasteiger partial charge >= 0.3 is 0 Å². The quantitative estimate of drug-likeness (QED) is 0.281. The Balaban J connectivity index is 1.74. The Morgan fingerprint density at radius 2 is 1.96 bits per heavy atom. The molecule has 0 aliphatic carbocycles. The molecule has 1 aromatic heterocycles. The first-order valence-corrected chi connectivity index (χ1v) is 9.43. The van der Waals surface area contributed by atoms with E-state index in [1.54, 1.807) is 12.3 Å². The fraction of sp³-hybridized carbons (Fsp3) is 0.350. The van der Waals surface area contributed by atoms with Gasteiger partial charge in [-0.15, -0.1) is 0 Å². The lowest BCUT2D eigenvalue weighted by Crippen LogP contribution is -2.41. The van der Waals surface area contributed by atoms with E-state index in [0.29, 0.717) is 30.4 Å². The van der Waals surface area contributed by atoms with Crippen LogP contribution in [-0.2, 0) is 6.42 Å². The predicted octanol–water partition coefficient (Wildman–Crippen LogP) is 2.57. The molecule has 2 rings (SSSR count). The molecule has 0 fully saturated rings. The number of aromatic nitrogens is 1. The lowest BCUT2D eigenvalue weighted by atomic mass is 10.1. The number of hydrogen-bond acceptors (Lipinski definition) is 3. The third kappa shape index (κ3) is 7.66. The molecule has 0 saturated carbocycles. The molecule has 0 atom stereocenters. The van der Waals surface area contributed by atoms with Crippen LogP contribution in [0, 0.1) is 6.92 Å². The zero-order chi connectivity index (χ0) is 19.5. The van der Waals surface area contributed by atoms with Crippen molar-refractivity contribution in [3.63, 3.8) is 0 Å². The summed E-state index contributed by atoms with van der Waals surface area (Å²) in [6.45, 7) is 6.49. The molecule has 3 N–H and O–H groups in total. The topological polar surface area (TPSA) is 78.4 Å². The summed E-state index contributed by atoms with van der Waals surface area (Å²) in [5, 5.41) is 9.81. The van der Waals surface area contributed by atoms with Crippen molar-refractivity contribution in [1.29, 1.82) is 0 Å². The average molecular weight is 388 g/mol. The minimum atomic E-state index is -0.0716. The molecule has 0 radical (unpaired) electrons. The van der Waals surface area contributed by atoms with Gasteiger partial charge in [-0.1, -0.05) is 35.4 Å². The first kappa shape index (κ1) is 20.7. The van der Waals surface area contributed by atoms with Crippen LogP contribution in [-0.4, -0.2) is 43.0 Å². The molecule has 1 amide bonds. The second-order valence-electron chi connectivity index (χ2n) is 6.05. The van der Waals surface area contributed by atoms with Gasteiger partial charge in [0.05, 0.1) is 0 Å². The van der Waals surface area contributed by atoms with Gasteiger partial charge in [0.2, 0.25) is 0 Å². The number of nitrogens with one attached hydrogen (secondary N) is 3. The molecule has 0 aliphatic heterocycles. The van der Waals surface area contributed by atoms with Crippen molar-refractivity contribution >= 4 is 23.5 Å². The summed E-state index contributed by atoms with van der Waals surface area (Å²) in [6.07, 6.45) is 2.55. The fourth-order valence-electron chi connectivity index (χ4n) is 2.44. The Bertz CT molecular complexity index is 761. The zero-order valence-electron chi connectivity index (χ0n) is 15.8. The van der Waals surface area contributed by atoms with E-state index in [1.165, 1.54) is 0 Å². The van der Waals surface area contributed by atoms with Crippen LogP contribution in [0.1, 0.15) is 28.4 Å². The minimum Gasteiger partial charge on any atom is -0.357 e. The number of hydrogen-bond donors (Lipinski definition) is 3. The molecule has 27 heavy (non-hydrogen) atoms. The maximum absolute atomic E-state index is 12.1. The number of guanidine groups is 1. The van der Waals surface area contributed by atoms with Gasteiger partial charge < -0.3 is 16.0 Å². The molecule has 0 aliphatic rings. The predicted molar refractivity (Wildman–Crippen MR) is 110 cm³/mol. The summed E-state index contributed by atoms with van der Waals surface area (Å²) >= 11 is 5.79. The van der Waals surface area contributed by atoms with E-state index < -0.39 is 0 Å². The molecule has 0 unspecified atom stereocenters. The molecule has 0 spiro atoms. The van der Waals surface area contributed by atoms with Gasteiger partial charge in [0.25, 0.3) is 5.91 Å². The fourth-order valence-corrected chi connectivity index (χ4v) is 2.55. The normalized spacial score (nSPS) is 11.1. The number of aryl methyl sites for hydroxylation is 1. The molecule has 1 aromatic carbocycles. The SMILES string of the molecule is CCNC(=NCCc1ccc(Cl)nc1)NCCNC(=O)c1cccc(C)c1. The van der Waals surface area contributed by atoms with Crippen LogP contribution in [0.25, 0.3) is 0 Å². The van der Waals surface area contributed by atoms with Gasteiger partial charge in [-0.3, -0.25) is 9.79 Å². The van der Waals surface area contributed by atoms with E-state index in [2.05, 4.69) is 25.9 Å². The Labute approximate surface area is 165 Å². The van der Waals surface area contributed by atoms with Crippen LogP contribution < -0.4 is 16.0 Å². The lowest BCUT2D eigenvalue weighted by molar-refractivity contribution is 0.0954. The molecule has 144 valence electrons. The molecule has 6 nitrogen and oxygen atoms in total. The number of pyridine rings is 1. The Hall–Kier alpha value is -2.60. The smallest absolute Gasteiger partial charge is 0.251 e. The highest BCUT2D eigenvalue weighted by Crippen LogP contribution is 2.05. The van der Waals surface area contributed by atoms with E-state index in [0.717, 1.165) is 30.1 Å². The minimum absolute atomic E-state index is 0.0716. The van der Waals surface area contributed by atoms with Crippen molar-refractivity contribution in [2.24, 2.45) is 4.99 Å². The van der Waals surface area contributed by atoms with Crippen molar-refractivity contribution in [3.05, 3.63) is 64.4 Å². The number of amides is 1. The number of halogens is 1. The van der Waals surface area contributed by atoms with Crippen molar-refractivity contribution in [2.45, 2.75) is 20.3 Å². The second kappa shape index (κ2) is 11.2. The maximum atomic E-state index is 12.1. The Morgan fingerprint density at radius 1 is 1.15 bits per heavy atom. The number of aliphatic imine (C=N–C) groups is 1. The number of benzene rings is 1. The molecule has 0 saturated heterocycles. The molecule has 7 heteroatoms. The van der Waals surface area contributed by atoms with Crippen LogP contribution in [0.15, 0.2) is 47.6 Å². The molecule has 0 bridgehead atoms. The van der Waals surface area contributed by atoms with Gasteiger partial charge in [-0.25, -0.2) is 4.98 Å². The van der Waals surface area contributed by atoms with E-state index >= 15 is 0 Å². The summed E-state index contributed by atoms with van der Waals surface area (Å²) in [5.74, 6) is 0.655. The number of nitrogens with zero attached hydrogens (tertiary/aromatic N) is 2. The summed E-state index contributed by atoms with van der Waals surface area (Å²) in [5.41, 5.74) is 2.83. The van der Waals surface area contributed by atoms with Crippen LogP contribution in [0.4, 0.5) is 0 Å². The lowest BCUT2D eigenvalue weighted by Gasteiger charge is -2.12. The molecule has 1 heterocycles. The van der Waals surface area contributed by atoms with Crippen molar-refractivity contribution in [1.82, 2.24) is 20.9 Å². The second-order valence-corrected chi connectivity index (χ2v) is 6.44. The van der Waals surface area contributed by atoms with Gasteiger partial charge in [0.15, 0.2) is 5.96 Å². The van der Waals surface area contributed by atoms with Crippen LogP contribution in [0.3, 0.4) is 0 Å². The summed E-state index contributed by atoms with van der Waals surface area (Å²) in [6, 6.07) is 11.3. The summed E-state index contributed by atoms with van der Waals surface area (Å²) < 4.78 is 0. The Morgan fingerprint density at radius 3 is 2.67 bits per heavy atom. The van der Waals surface area contributed by atoms with Gasteiger partial charge in [0, 0.05) is 37.9 Å². The molecular weight excluding hydrogens is 362 g/mol. The zero-order valence-corrected chi connectivity index (χ0v) is 16.5. The first-order valence-electron chi connectivity index (χ1n) is 9.06. The van der Waals surface area contributed by atoms with Crippen molar-refractivity contribution < 1.29 is 4.79 Å². The average Bonchev–Trinajstić information content (AvgIpc) is 2.66. The first-order chi connectivity index (χ1) is 13.1. The highest BCUT2D eigenvalue weighted by atomic mass is 35.5. The highest BCUT2D eigenvalue weighted by Gasteiger charge is 2.04. The standard InChI is InChI=1S/C20H26ClN5O/c1-3-22-20(24-10-9-16-7-8-18(21)26-14-16)25-12-11-23-19(27)17-6-4-5-15(2)13-17/h4-8,13-14H,3,9-12H2,1-2H3,(H,23,27)(H2,22,24,25). The maximum Gasteiger partial charge on any atom is 0.251 e. The van der Waals surface area contributed by atoms with E-state index in [4.69, 9.17) is 11.6 Å². The van der Waals surface area contributed by atoms with Crippen LogP contribution >= 0.6 is 11.6 Å². The molecule has 2 aromatic rings. The Kier molecular flexibility index (Phi) is 8.58. The van der Waals surface area contributed by atoms with Crippen molar-refractivity contribution in [2.75, 3.05) is 26.2 Å². The third-order valence-electron chi connectivity index (χ3n) is 3.79. The van der Waals surface area contributed by atoms with Gasteiger partial charge in [-0.2, -0.15) is 0 Å². The van der Waals surface area contributed by atoms with Crippen molar-refractivity contribution in [3.8, 4) is 0 Å². The van der Waals surface area contributed by atoms with Gasteiger partial charge in [0.1, 0.15) is 5.15 Å². The van der Waals surface area contributed by atoms with Crippen LogP contribution in [0.5, 0.6) is 0 Å². The summed E-state index contributed by atoms with van der Waals surface area (Å²) in [7, 11) is 0. The number of carbonyl (C=O) groups excluding carboxylic acids is 1. The highest BCUT2D eigenvalue weighted by molar-refractivity contribution is 6.29. The largest absolute Gasteiger partial charge is 0.357 e. The third-order valence-corrected chi connectivity index (χ3v) is 4.01. The number of carbonyl (C=O) groups is 1. The van der Waals surface area contributed by atoms with E-state index in [9.17, 15) is 4.79 Å². The van der Waals surface area contributed by atoms with Crippen LogP contribution in [0.2, 0.25) is 5.15 Å². The van der Waals surface area contributed by atoms with E-state index in [1.807, 2.05) is 44.2 Å². The molecular formula is C20H26ClN5O. The monoisotopic (exact) mass is 387 g/mol. The van der Waals surface area contributed by atoms with E-state index in [-0.39, 0.29) is 5.91 Å². The summed E-state index contributed by atoms with van der Waals surface area (Å²) in [4.78, 5) is 20.7. The van der Waals surface area contributed by atoms with Gasteiger partial charge in [-0.05, 0) is 44.0 Å².